The Labute approximate surface area is 162 Å². The molecule has 0 aromatic carbocycles. The van der Waals surface area contributed by atoms with Gasteiger partial charge >= 0.3 is 0 Å². The Bertz CT molecular complexity index is 766. The zero-order valence-corrected chi connectivity index (χ0v) is 16.0. The van der Waals surface area contributed by atoms with Crippen LogP contribution in [0.25, 0.3) is 11.4 Å². The highest BCUT2D eigenvalue weighted by atomic mass is 32.2. The summed E-state index contributed by atoms with van der Waals surface area (Å²) < 4.78 is 5.41. The summed E-state index contributed by atoms with van der Waals surface area (Å²) in [5.41, 5.74) is 6.24. The van der Waals surface area contributed by atoms with E-state index in [1.165, 1.54) is 0 Å². The van der Waals surface area contributed by atoms with E-state index in [1.807, 2.05) is 30.1 Å². The molecule has 2 aliphatic rings. The maximum atomic E-state index is 11.3. The lowest BCUT2D eigenvalue weighted by molar-refractivity contribution is -0.123. The third-order valence-corrected chi connectivity index (χ3v) is 6.10. The van der Waals surface area contributed by atoms with Crippen molar-refractivity contribution in [1.29, 1.82) is 0 Å². The first-order chi connectivity index (χ1) is 13.2. The normalized spacial score (nSPS) is 19.3. The van der Waals surface area contributed by atoms with Crippen LogP contribution in [0.2, 0.25) is 0 Å². The number of pyridine rings is 1. The van der Waals surface area contributed by atoms with Crippen molar-refractivity contribution in [3.05, 3.63) is 24.2 Å². The van der Waals surface area contributed by atoms with Gasteiger partial charge < -0.3 is 15.2 Å². The van der Waals surface area contributed by atoms with E-state index >= 15 is 0 Å². The fourth-order valence-electron chi connectivity index (χ4n) is 3.50. The van der Waals surface area contributed by atoms with Crippen LogP contribution < -0.4 is 10.6 Å². The zero-order chi connectivity index (χ0) is 18.6. The zero-order valence-electron chi connectivity index (χ0n) is 15.2. The predicted octanol–water partition coefficient (Wildman–Crippen LogP) is 1.38. The lowest BCUT2D eigenvalue weighted by Crippen LogP contribution is -2.38. The van der Waals surface area contributed by atoms with E-state index in [0.717, 1.165) is 61.9 Å². The summed E-state index contributed by atoms with van der Waals surface area (Å²) in [7, 11) is 0. The number of nitrogens with zero attached hydrogens (tertiary/aromatic N) is 5. The van der Waals surface area contributed by atoms with Crippen LogP contribution in [0.4, 0.5) is 5.82 Å². The molecule has 27 heavy (non-hydrogen) atoms. The van der Waals surface area contributed by atoms with Crippen molar-refractivity contribution in [2.45, 2.75) is 19.4 Å². The number of likely N-dealkylation sites (tertiary alicyclic amines) is 1. The Morgan fingerprint density at radius 2 is 2.00 bits per heavy atom. The van der Waals surface area contributed by atoms with Gasteiger partial charge in [0.05, 0.1) is 6.54 Å². The highest BCUT2D eigenvalue weighted by Gasteiger charge is 2.24. The molecule has 0 saturated carbocycles. The third-order valence-electron chi connectivity index (χ3n) is 5.16. The number of hydrogen-bond donors (Lipinski definition) is 1. The Hall–Kier alpha value is -2.13. The molecule has 0 atom stereocenters. The standard InChI is InChI=1S/C18H24N6O2S/c19-17(25)13-3-5-23(6-4-13)12-16-21-18(22-26-16)14-1-2-15(20-11-14)24-7-9-27-10-8-24/h1-2,11,13H,3-10,12H2,(H2,19,25). The first-order valence-corrected chi connectivity index (χ1v) is 10.5. The molecule has 2 fully saturated rings. The van der Waals surface area contributed by atoms with Crippen molar-refractivity contribution in [3.63, 3.8) is 0 Å². The quantitative estimate of drug-likeness (QED) is 0.820. The summed E-state index contributed by atoms with van der Waals surface area (Å²) in [5.74, 6) is 4.23. The van der Waals surface area contributed by atoms with Gasteiger partial charge in [0.15, 0.2) is 0 Å². The highest BCUT2D eigenvalue weighted by Crippen LogP contribution is 2.22. The Kier molecular flexibility index (Phi) is 5.58. The van der Waals surface area contributed by atoms with Crippen LogP contribution in [0, 0.1) is 5.92 Å². The lowest BCUT2D eigenvalue weighted by Gasteiger charge is -2.29. The largest absolute Gasteiger partial charge is 0.369 e. The second kappa shape index (κ2) is 8.26. The number of carbonyl (C=O) groups excluding carboxylic acids is 1. The number of hydrogen-bond acceptors (Lipinski definition) is 8. The monoisotopic (exact) mass is 388 g/mol. The number of amides is 1. The van der Waals surface area contributed by atoms with Gasteiger partial charge in [-0.05, 0) is 38.1 Å². The van der Waals surface area contributed by atoms with Crippen molar-refractivity contribution >= 4 is 23.5 Å². The maximum absolute atomic E-state index is 11.3. The van der Waals surface area contributed by atoms with E-state index in [-0.39, 0.29) is 11.8 Å². The fraction of sp³-hybridized carbons (Fsp3) is 0.556. The van der Waals surface area contributed by atoms with E-state index < -0.39 is 0 Å². The minimum Gasteiger partial charge on any atom is -0.369 e. The summed E-state index contributed by atoms with van der Waals surface area (Å²) in [6, 6.07) is 4.02. The third kappa shape index (κ3) is 4.41. The molecular formula is C18H24N6O2S. The van der Waals surface area contributed by atoms with Crippen molar-refractivity contribution in [2.24, 2.45) is 11.7 Å². The average Bonchev–Trinajstić information content (AvgIpc) is 3.18. The smallest absolute Gasteiger partial charge is 0.241 e. The summed E-state index contributed by atoms with van der Waals surface area (Å²) in [6.45, 7) is 4.30. The van der Waals surface area contributed by atoms with E-state index in [1.54, 1.807) is 0 Å². The molecule has 0 unspecified atom stereocenters. The van der Waals surface area contributed by atoms with Gasteiger partial charge in [-0.25, -0.2) is 4.98 Å². The molecular weight excluding hydrogens is 364 g/mol. The van der Waals surface area contributed by atoms with Crippen molar-refractivity contribution in [3.8, 4) is 11.4 Å². The molecule has 8 nitrogen and oxygen atoms in total. The molecule has 2 aromatic heterocycles. The van der Waals surface area contributed by atoms with Crippen molar-refractivity contribution < 1.29 is 9.32 Å². The van der Waals surface area contributed by atoms with Gasteiger partial charge in [-0.3, -0.25) is 9.69 Å². The first-order valence-electron chi connectivity index (χ1n) is 9.32. The Morgan fingerprint density at radius 3 is 2.67 bits per heavy atom. The van der Waals surface area contributed by atoms with Crippen LogP contribution in [0.15, 0.2) is 22.9 Å². The summed E-state index contributed by atoms with van der Waals surface area (Å²) >= 11 is 1.98. The van der Waals surface area contributed by atoms with E-state index in [4.69, 9.17) is 10.3 Å². The van der Waals surface area contributed by atoms with Crippen LogP contribution >= 0.6 is 11.8 Å². The molecule has 4 heterocycles. The van der Waals surface area contributed by atoms with E-state index in [0.29, 0.717) is 18.3 Å². The van der Waals surface area contributed by atoms with Gasteiger partial charge in [0.2, 0.25) is 17.6 Å². The molecule has 2 N–H and O–H groups in total. The molecule has 1 amide bonds. The number of rotatable bonds is 5. The molecule has 0 aliphatic carbocycles. The molecule has 0 bridgehead atoms. The minimum atomic E-state index is -0.200. The van der Waals surface area contributed by atoms with Crippen molar-refractivity contribution in [2.75, 3.05) is 42.6 Å². The van der Waals surface area contributed by atoms with Gasteiger partial charge in [-0.15, -0.1) is 0 Å². The van der Waals surface area contributed by atoms with Crippen LogP contribution in [0.1, 0.15) is 18.7 Å². The first kappa shape index (κ1) is 18.2. The molecule has 9 heteroatoms. The molecule has 0 radical (unpaired) electrons. The van der Waals surface area contributed by atoms with Gasteiger partial charge in [0.1, 0.15) is 5.82 Å². The summed E-state index contributed by atoms with van der Waals surface area (Å²) in [5, 5.41) is 4.09. The Morgan fingerprint density at radius 1 is 1.22 bits per heavy atom. The molecule has 2 aliphatic heterocycles. The van der Waals surface area contributed by atoms with Crippen LogP contribution in [-0.2, 0) is 11.3 Å². The average molecular weight is 388 g/mol. The predicted molar refractivity (Wildman–Crippen MR) is 104 cm³/mol. The SMILES string of the molecule is NC(=O)C1CCN(Cc2nc(-c3ccc(N4CCSCC4)nc3)no2)CC1. The van der Waals surface area contributed by atoms with Crippen LogP contribution in [0.5, 0.6) is 0 Å². The second-order valence-corrected chi connectivity index (χ2v) is 8.19. The number of thioether (sulfide) groups is 1. The van der Waals surface area contributed by atoms with E-state index in [2.05, 4.69) is 24.9 Å². The molecule has 4 rings (SSSR count). The number of carbonyl (C=O) groups is 1. The fourth-order valence-corrected chi connectivity index (χ4v) is 4.40. The van der Waals surface area contributed by atoms with Crippen LogP contribution in [-0.4, -0.2) is 63.6 Å². The Balaban J connectivity index is 1.35. The number of primary amides is 1. The second-order valence-electron chi connectivity index (χ2n) is 6.97. The molecule has 2 saturated heterocycles. The molecule has 2 aromatic rings. The van der Waals surface area contributed by atoms with Gasteiger partial charge in [0.25, 0.3) is 0 Å². The number of anilines is 1. The van der Waals surface area contributed by atoms with Crippen LogP contribution in [0.3, 0.4) is 0 Å². The highest BCUT2D eigenvalue weighted by molar-refractivity contribution is 7.99. The number of aromatic nitrogens is 3. The number of piperidine rings is 1. The summed E-state index contributed by atoms with van der Waals surface area (Å²) in [4.78, 5) is 24.8. The van der Waals surface area contributed by atoms with Crippen molar-refractivity contribution in [1.82, 2.24) is 20.0 Å². The molecule has 144 valence electrons. The minimum absolute atomic E-state index is 0.0115. The van der Waals surface area contributed by atoms with Gasteiger partial charge in [-0.2, -0.15) is 16.7 Å². The molecule has 0 spiro atoms. The van der Waals surface area contributed by atoms with E-state index in [9.17, 15) is 4.79 Å². The van der Waals surface area contributed by atoms with Gasteiger partial charge in [0, 0.05) is 42.3 Å². The topological polar surface area (TPSA) is 101 Å². The maximum Gasteiger partial charge on any atom is 0.241 e. The summed E-state index contributed by atoms with van der Waals surface area (Å²) in [6.07, 6.45) is 3.39. The lowest BCUT2D eigenvalue weighted by atomic mass is 9.96. The number of nitrogens with two attached hydrogens (primary N) is 1. The van der Waals surface area contributed by atoms with Gasteiger partial charge in [-0.1, -0.05) is 5.16 Å².